The van der Waals surface area contributed by atoms with Crippen LogP contribution in [0.4, 0.5) is 0 Å². The van der Waals surface area contributed by atoms with Crippen molar-refractivity contribution in [1.29, 1.82) is 0 Å². The van der Waals surface area contributed by atoms with Crippen molar-refractivity contribution in [1.82, 2.24) is 9.88 Å². The van der Waals surface area contributed by atoms with Gasteiger partial charge in [-0.15, -0.1) is 6.58 Å². The van der Waals surface area contributed by atoms with Crippen LogP contribution in [0.15, 0.2) is 43.1 Å². The summed E-state index contributed by atoms with van der Waals surface area (Å²) < 4.78 is 0. The molecule has 0 spiro atoms. The van der Waals surface area contributed by atoms with Gasteiger partial charge in [0, 0.05) is 23.6 Å². The molecule has 1 fully saturated rings. The number of nitrogens with one attached hydrogen (secondary N) is 1. The molecule has 2 nitrogen and oxygen atoms in total. The summed E-state index contributed by atoms with van der Waals surface area (Å²) in [6.45, 7) is 7.49. The van der Waals surface area contributed by atoms with Gasteiger partial charge in [0.1, 0.15) is 0 Å². The van der Waals surface area contributed by atoms with Crippen molar-refractivity contribution in [2.24, 2.45) is 0 Å². The maximum absolute atomic E-state index is 4.02. The van der Waals surface area contributed by atoms with Crippen molar-refractivity contribution in [2.75, 3.05) is 6.54 Å². The second kappa shape index (κ2) is 4.99. The topological polar surface area (TPSA) is 19.0 Å². The number of aromatic amines is 1. The Morgan fingerprint density at radius 3 is 2.94 bits per heavy atom. The minimum Gasteiger partial charge on any atom is -0.361 e. The Bertz CT molecular complexity index is 535. The fourth-order valence-electron chi connectivity index (χ4n) is 2.82. The molecule has 1 radical (unpaired) electrons. The fourth-order valence-corrected chi connectivity index (χ4v) is 2.82. The van der Waals surface area contributed by atoms with E-state index < -0.39 is 0 Å². The maximum Gasteiger partial charge on any atom is 0.0553 e. The number of likely N-dealkylation sites (tertiary alicyclic amines) is 1. The average molecular weight is 239 g/mol. The Morgan fingerprint density at radius 1 is 1.28 bits per heavy atom. The van der Waals surface area contributed by atoms with Crippen LogP contribution in [0.25, 0.3) is 10.9 Å². The van der Waals surface area contributed by atoms with Crippen molar-refractivity contribution in [3.05, 3.63) is 55.2 Å². The predicted molar refractivity (Wildman–Crippen MR) is 76.1 cm³/mol. The molecule has 1 aliphatic rings. The van der Waals surface area contributed by atoms with E-state index in [0.717, 1.165) is 6.54 Å². The normalized spacial score (nSPS) is 18.9. The van der Waals surface area contributed by atoms with Crippen molar-refractivity contribution in [3.63, 3.8) is 0 Å². The lowest BCUT2D eigenvalue weighted by atomic mass is 10.0. The van der Waals surface area contributed by atoms with E-state index in [1.165, 1.54) is 35.7 Å². The van der Waals surface area contributed by atoms with E-state index >= 15 is 0 Å². The predicted octanol–water partition coefficient (Wildman–Crippen LogP) is 4.04. The molecule has 1 aliphatic heterocycles. The van der Waals surface area contributed by atoms with Gasteiger partial charge in [-0.2, -0.15) is 0 Å². The first-order chi connectivity index (χ1) is 8.90. The molecule has 1 unspecified atom stereocenters. The van der Waals surface area contributed by atoms with Gasteiger partial charge in [-0.3, -0.25) is 4.90 Å². The van der Waals surface area contributed by atoms with Crippen molar-refractivity contribution >= 4 is 10.9 Å². The van der Waals surface area contributed by atoms with Crippen LogP contribution in [-0.4, -0.2) is 16.4 Å². The summed E-state index contributed by atoms with van der Waals surface area (Å²) in [5, 5.41) is 1.31. The van der Waals surface area contributed by atoms with Crippen LogP contribution in [0.2, 0.25) is 0 Å². The van der Waals surface area contributed by atoms with Crippen molar-refractivity contribution < 1.29 is 0 Å². The van der Waals surface area contributed by atoms with Crippen LogP contribution in [0.3, 0.4) is 0 Å². The highest BCUT2D eigenvalue weighted by molar-refractivity contribution is 5.83. The van der Waals surface area contributed by atoms with Gasteiger partial charge in [-0.25, -0.2) is 0 Å². The number of nitrogens with zero attached hydrogens (tertiary/aromatic N) is 1. The highest BCUT2D eigenvalue weighted by Gasteiger charge is 2.21. The first kappa shape index (κ1) is 11.5. The number of benzene rings is 1. The average Bonchev–Trinajstić information content (AvgIpc) is 2.85. The fraction of sp³-hybridized carbons (Fsp3) is 0.312. The number of rotatable bonds is 3. The Hall–Kier alpha value is -1.54. The largest absolute Gasteiger partial charge is 0.361 e. The molecule has 1 N–H and O–H groups in total. The lowest BCUT2D eigenvalue weighted by molar-refractivity contribution is 0.243. The third-order valence-electron chi connectivity index (χ3n) is 3.75. The minimum atomic E-state index is 0.293. The zero-order valence-corrected chi connectivity index (χ0v) is 10.6. The monoisotopic (exact) mass is 239 g/mol. The van der Waals surface area contributed by atoms with E-state index in [-0.39, 0.29) is 0 Å². The molecular formula is C16H19N2. The van der Waals surface area contributed by atoms with Crippen LogP contribution in [0.5, 0.6) is 0 Å². The Labute approximate surface area is 108 Å². The minimum absolute atomic E-state index is 0.293. The molecule has 93 valence electrons. The van der Waals surface area contributed by atoms with E-state index in [9.17, 15) is 0 Å². The maximum atomic E-state index is 4.02. The first-order valence-corrected chi connectivity index (χ1v) is 6.68. The number of para-hydroxylation sites is 1. The van der Waals surface area contributed by atoms with Gasteiger partial charge in [0.05, 0.1) is 6.04 Å². The third-order valence-corrected chi connectivity index (χ3v) is 3.75. The second-order valence-corrected chi connectivity index (χ2v) is 4.89. The molecule has 0 aliphatic carbocycles. The van der Waals surface area contributed by atoms with E-state index in [1.54, 1.807) is 0 Å². The van der Waals surface area contributed by atoms with Gasteiger partial charge in [0.15, 0.2) is 0 Å². The summed E-state index contributed by atoms with van der Waals surface area (Å²) in [5.41, 5.74) is 2.54. The van der Waals surface area contributed by atoms with Gasteiger partial charge in [-0.05, 0) is 31.0 Å². The Kier molecular flexibility index (Phi) is 3.20. The molecule has 0 saturated carbocycles. The summed E-state index contributed by atoms with van der Waals surface area (Å²) in [6.07, 6.45) is 7.96. The molecule has 0 bridgehead atoms. The summed E-state index contributed by atoms with van der Waals surface area (Å²) in [4.78, 5) is 5.78. The van der Waals surface area contributed by atoms with Gasteiger partial charge >= 0.3 is 0 Å². The quantitative estimate of drug-likeness (QED) is 0.801. The zero-order valence-electron chi connectivity index (χ0n) is 10.6. The van der Waals surface area contributed by atoms with Crippen LogP contribution < -0.4 is 0 Å². The van der Waals surface area contributed by atoms with Crippen molar-refractivity contribution in [2.45, 2.75) is 25.3 Å². The van der Waals surface area contributed by atoms with Crippen LogP contribution >= 0.6 is 0 Å². The smallest absolute Gasteiger partial charge is 0.0553 e. The molecule has 2 aromatic rings. The highest BCUT2D eigenvalue weighted by atomic mass is 15.2. The summed E-state index contributed by atoms with van der Waals surface area (Å²) >= 11 is 0. The zero-order chi connectivity index (χ0) is 12.4. The Morgan fingerprint density at radius 2 is 2.17 bits per heavy atom. The van der Waals surface area contributed by atoms with Gasteiger partial charge in [-0.1, -0.05) is 30.7 Å². The molecule has 2 heterocycles. The third kappa shape index (κ3) is 1.97. The van der Waals surface area contributed by atoms with Gasteiger partial charge in [0.2, 0.25) is 0 Å². The van der Waals surface area contributed by atoms with Crippen molar-refractivity contribution in [3.8, 4) is 0 Å². The molecule has 3 rings (SSSR count). The first-order valence-electron chi connectivity index (χ1n) is 6.68. The molecule has 1 aromatic heterocycles. The number of hydrogen-bond donors (Lipinski definition) is 1. The number of hydrogen-bond acceptors (Lipinski definition) is 1. The molecule has 1 atom stereocenters. The lowest BCUT2D eigenvalue weighted by Gasteiger charge is -2.32. The molecule has 0 amide bonds. The SMILES string of the molecule is C=CC(c1c[nH]c2ccccc12)N1[CH]CCCC1. The van der Waals surface area contributed by atoms with E-state index in [0.29, 0.717) is 6.04 Å². The van der Waals surface area contributed by atoms with E-state index in [4.69, 9.17) is 0 Å². The van der Waals surface area contributed by atoms with Gasteiger partial charge < -0.3 is 4.98 Å². The van der Waals surface area contributed by atoms with Crippen LogP contribution in [0.1, 0.15) is 30.9 Å². The van der Waals surface area contributed by atoms with Crippen LogP contribution in [0, 0.1) is 6.54 Å². The number of aromatic nitrogens is 1. The number of piperidine rings is 1. The molecule has 1 saturated heterocycles. The second-order valence-electron chi connectivity index (χ2n) is 4.89. The summed E-state index contributed by atoms with van der Waals surface area (Å²) in [7, 11) is 0. The molecule has 2 heteroatoms. The summed E-state index contributed by atoms with van der Waals surface area (Å²) in [5.74, 6) is 0. The molecule has 18 heavy (non-hydrogen) atoms. The molecule has 1 aromatic carbocycles. The Balaban J connectivity index is 1.97. The van der Waals surface area contributed by atoms with Crippen LogP contribution in [-0.2, 0) is 0 Å². The lowest BCUT2D eigenvalue weighted by Crippen LogP contribution is -2.29. The van der Waals surface area contributed by atoms with E-state index in [1.807, 2.05) is 0 Å². The van der Waals surface area contributed by atoms with Gasteiger partial charge in [0.25, 0.3) is 0 Å². The highest BCUT2D eigenvalue weighted by Crippen LogP contribution is 2.32. The standard InChI is InChI=1S/C16H19N2/c1-2-16(18-10-6-3-7-11-18)14-12-17-15-9-5-4-8-13(14)15/h2,4-5,8-10,12,16-17H,1,3,6-7,11H2. The number of H-pyrrole nitrogens is 1. The number of fused-ring (bicyclic) bond motifs is 1. The summed E-state index contributed by atoms with van der Waals surface area (Å²) in [6, 6.07) is 8.76. The van der Waals surface area contributed by atoms with E-state index in [2.05, 4.69) is 59.5 Å². The molecular weight excluding hydrogens is 220 g/mol.